The molecule has 0 bridgehead atoms. The minimum atomic E-state index is -0.0751. The van der Waals surface area contributed by atoms with Crippen molar-refractivity contribution in [3.05, 3.63) is 75.2 Å². The molecule has 0 fully saturated rings. The topological polar surface area (TPSA) is 53.4 Å². The van der Waals surface area contributed by atoms with Crippen LogP contribution in [-0.4, -0.2) is 23.8 Å². The van der Waals surface area contributed by atoms with E-state index in [0.717, 1.165) is 16.2 Å². The second-order valence-corrected chi connectivity index (χ2v) is 7.05. The van der Waals surface area contributed by atoms with Gasteiger partial charge in [-0.2, -0.15) is 0 Å². The maximum absolute atomic E-state index is 13.3. The molecule has 0 aliphatic carbocycles. The Morgan fingerprint density at radius 3 is 2.56 bits per heavy atom. The van der Waals surface area contributed by atoms with Gasteiger partial charge in [0.2, 0.25) is 0 Å². The highest BCUT2D eigenvalue weighted by Gasteiger charge is 2.15. The summed E-state index contributed by atoms with van der Waals surface area (Å²) in [6, 6.07) is 16.9. The molecule has 136 valence electrons. The Balaban J connectivity index is 1.99. The molecule has 0 aliphatic heterocycles. The van der Waals surface area contributed by atoms with E-state index in [-0.39, 0.29) is 5.56 Å². The van der Waals surface area contributed by atoms with Crippen molar-refractivity contribution in [1.82, 2.24) is 9.55 Å². The molecule has 0 radical (unpaired) electrons. The lowest BCUT2D eigenvalue weighted by Gasteiger charge is -2.14. The summed E-state index contributed by atoms with van der Waals surface area (Å²) in [4.78, 5) is 19.2. The summed E-state index contributed by atoms with van der Waals surface area (Å²) in [5.74, 6) is 1.99. The summed E-state index contributed by atoms with van der Waals surface area (Å²) in [5, 5.41) is 2.57. The van der Waals surface area contributed by atoms with Gasteiger partial charge in [0.05, 0.1) is 31.7 Å². The molecule has 0 amide bonds. The van der Waals surface area contributed by atoms with Crippen molar-refractivity contribution < 1.29 is 9.47 Å². The smallest absolute Gasteiger partial charge is 0.261 e. The molecule has 0 saturated heterocycles. The average Bonchev–Trinajstić information content (AvgIpc) is 3.22. The van der Waals surface area contributed by atoms with Crippen LogP contribution in [0.25, 0.3) is 22.3 Å². The van der Waals surface area contributed by atoms with Gasteiger partial charge in [-0.3, -0.25) is 9.36 Å². The van der Waals surface area contributed by atoms with Crippen molar-refractivity contribution >= 4 is 22.2 Å². The highest BCUT2D eigenvalue weighted by Crippen LogP contribution is 2.25. The Labute approximate surface area is 160 Å². The molecule has 27 heavy (non-hydrogen) atoms. The van der Waals surface area contributed by atoms with Gasteiger partial charge in [-0.1, -0.05) is 18.2 Å². The Hall–Kier alpha value is -3.12. The van der Waals surface area contributed by atoms with Crippen LogP contribution in [-0.2, 0) is 6.54 Å². The van der Waals surface area contributed by atoms with Crippen LogP contribution in [0.4, 0.5) is 0 Å². The Morgan fingerprint density at radius 1 is 1.00 bits per heavy atom. The first-order chi connectivity index (χ1) is 13.2. The van der Waals surface area contributed by atoms with Gasteiger partial charge in [-0.15, -0.1) is 11.3 Å². The number of nitrogens with zero attached hydrogens (tertiary/aromatic N) is 2. The molecule has 2 aromatic heterocycles. The molecule has 0 unspecified atom stereocenters. The zero-order valence-electron chi connectivity index (χ0n) is 15.0. The van der Waals surface area contributed by atoms with Crippen LogP contribution < -0.4 is 15.0 Å². The highest BCUT2D eigenvalue weighted by molar-refractivity contribution is 7.09. The van der Waals surface area contributed by atoms with Crippen LogP contribution in [0.15, 0.2) is 64.8 Å². The molecule has 0 aliphatic rings. The number of aromatic nitrogens is 2. The first-order valence-corrected chi connectivity index (χ1v) is 9.33. The first-order valence-electron chi connectivity index (χ1n) is 8.45. The standard InChI is InChI=1S/C21H18N2O3S/c1-25-15-6-3-5-14(11-15)20-22-19-12-16(26-2)8-9-18(19)21(24)23(20)13-17-7-4-10-27-17/h3-12H,13H2,1-2H3. The monoisotopic (exact) mass is 378 g/mol. The minimum Gasteiger partial charge on any atom is -0.497 e. The van der Waals surface area contributed by atoms with Gasteiger partial charge >= 0.3 is 0 Å². The predicted molar refractivity (Wildman–Crippen MR) is 108 cm³/mol. The lowest BCUT2D eigenvalue weighted by atomic mass is 10.1. The van der Waals surface area contributed by atoms with Crippen molar-refractivity contribution in [3.63, 3.8) is 0 Å². The van der Waals surface area contributed by atoms with Crippen molar-refractivity contribution in [3.8, 4) is 22.9 Å². The number of rotatable bonds is 5. The number of hydrogen-bond acceptors (Lipinski definition) is 5. The number of ether oxygens (including phenoxy) is 2. The molecular formula is C21H18N2O3S. The van der Waals surface area contributed by atoms with E-state index in [4.69, 9.17) is 14.5 Å². The SMILES string of the molecule is COc1cccc(-c2nc3cc(OC)ccc3c(=O)n2Cc2cccs2)c1. The van der Waals surface area contributed by atoms with E-state index < -0.39 is 0 Å². The Kier molecular flexibility index (Phi) is 4.64. The largest absolute Gasteiger partial charge is 0.497 e. The Morgan fingerprint density at radius 2 is 1.81 bits per heavy atom. The molecule has 4 rings (SSSR count). The lowest BCUT2D eigenvalue weighted by Crippen LogP contribution is -2.23. The summed E-state index contributed by atoms with van der Waals surface area (Å²) in [6.07, 6.45) is 0. The van der Waals surface area contributed by atoms with Crippen LogP contribution >= 0.6 is 11.3 Å². The number of benzene rings is 2. The predicted octanol–water partition coefficient (Wildman–Crippen LogP) is 4.19. The maximum atomic E-state index is 13.3. The molecule has 0 N–H and O–H groups in total. The van der Waals surface area contributed by atoms with Gasteiger partial charge in [-0.05, 0) is 35.7 Å². The van der Waals surface area contributed by atoms with Crippen molar-refractivity contribution in [2.45, 2.75) is 6.54 Å². The average molecular weight is 378 g/mol. The van der Waals surface area contributed by atoms with Crippen molar-refractivity contribution in [2.75, 3.05) is 14.2 Å². The van der Waals surface area contributed by atoms with Gasteiger partial charge < -0.3 is 9.47 Å². The van der Waals surface area contributed by atoms with Crippen LogP contribution in [0.2, 0.25) is 0 Å². The van der Waals surface area contributed by atoms with E-state index in [2.05, 4.69) is 0 Å². The Bertz CT molecular complexity index is 1150. The van der Waals surface area contributed by atoms with E-state index in [1.54, 1.807) is 48.3 Å². The summed E-state index contributed by atoms with van der Waals surface area (Å²) in [6.45, 7) is 0.470. The number of thiophene rings is 1. The van der Waals surface area contributed by atoms with E-state index in [0.29, 0.717) is 29.0 Å². The summed E-state index contributed by atoms with van der Waals surface area (Å²) in [7, 11) is 3.22. The van der Waals surface area contributed by atoms with Gasteiger partial charge in [0.25, 0.3) is 5.56 Å². The van der Waals surface area contributed by atoms with Gasteiger partial charge in [-0.25, -0.2) is 4.98 Å². The van der Waals surface area contributed by atoms with Crippen molar-refractivity contribution in [2.24, 2.45) is 0 Å². The number of fused-ring (bicyclic) bond motifs is 1. The third-order valence-electron chi connectivity index (χ3n) is 4.38. The van der Waals surface area contributed by atoms with Crippen LogP contribution in [0.1, 0.15) is 4.88 Å². The first kappa shape index (κ1) is 17.3. The van der Waals surface area contributed by atoms with E-state index in [9.17, 15) is 4.79 Å². The van der Waals surface area contributed by atoms with Crippen LogP contribution in [0.3, 0.4) is 0 Å². The molecule has 2 aromatic carbocycles. The van der Waals surface area contributed by atoms with Crippen LogP contribution in [0.5, 0.6) is 11.5 Å². The number of hydrogen-bond donors (Lipinski definition) is 0. The fourth-order valence-corrected chi connectivity index (χ4v) is 3.71. The molecular weight excluding hydrogens is 360 g/mol. The molecule has 0 saturated carbocycles. The van der Waals surface area contributed by atoms with Gasteiger partial charge in [0.1, 0.15) is 17.3 Å². The van der Waals surface area contributed by atoms with E-state index >= 15 is 0 Å². The van der Waals surface area contributed by atoms with Crippen molar-refractivity contribution in [1.29, 1.82) is 0 Å². The lowest BCUT2D eigenvalue weighted by molar-refractivity contribution is 0.415. The van der Waals surface area contributed by atoms with E-state index in [1.807, 2.05) is 41.8 Å². The van der Waals surface area contributed by atoms with E-state index in [1.165, 1.54) is 0 Å². The zero-order valence-corrected chi connectivity index (χ0v) is 15.8. The van der Waals surface area contributed by atoms with Crippen LogP contribution in [0, 0.1) is 0 Å². The third kappa shape index (κ3) is 3.31. The zero-order chi connectivity index (χ0) is 18.8. The third-order valence-corrected chi connectivity index (χ3v) is 5.25. The molecule has 6 heteroatoms. The fourth-order valence-electron chi connectivity index (χ4n) is 3.02. The highest BCUT2D eigenvalue weighted by atomic mass is 32.1. The van der Waals surface area contributed by atoms with Gasteiger partial charge in [0, 0.05) is 16.5 Å². The summed E-state index contributed by atoms with van der Waals surface area (Å²) < 4.78 is 12.4. The van der Waals surface area contributed by atoms with Gasteiger partial charge in [0.15, 0.2) is 0 Å². The molecule has 0 spiro atoms. The second-order valence-electron chi connectivity index (χ2n) is 6.02. The quantitative estimate of drug-likeness (QED) is 0.522. The molecule has 2 heterocycles. The number of methoxy groups -OCH3 is 2. The molecule has 0 atom stereocenters. The summed E-state index contributed by atoms with van der Waals surface area (Å²) >= 11 is 1.62. The summed E-state index contributed by atoms with van der Waals surface area (Å²) in [5.41, 5.74) is 1.36. The second kappa shape index (κ2) is 7.25. The normalized spacial score (nSPS) is 10.9. The fraction of sp³-hybridized carbons (Fsp3) is 0.143. The maximum Gasteiger partial charge on any atom is 0.261 e. The minimum absolute atomic E-state index is 0.0751. The molecule has 4 aromatic rings. The molecule has 5 nitrogen and oxygen atoms in total.